The van der Waals surface area contributed by atoms with Crippen molar-refractivity contribution in [2.24, 2.45) is 11.5 Å². The number of carbonyl (C=O) groups excluding carboxylic acids is 2. The zero-order valence-electron chi connectivity index (χ0n) is 6.84. The second-order valence-corrected chi connectivity index (χ2v) is 3.05. The SMILES string of the molecule is N[C@@H](CS)C(=O)OC(=O)[C@@H](N)CS. The smallest absolute Gasteiger partial charge is 0.331 e. The summed E-state index contributed by atoms with van der Waals surface area (Å²) in [5.74, 6) is -1.42. The molecule has 0 spiro atoms. The minimum Gasteiger partial charge on any atom is -0.391 e. The van der Waals surface area contributed by atoms with E-state index in [0.29, 0.717) is 0 Å². The molecule has 2 atom stereocenters. The topological polar surface area (TPSA) is 95.4 Å². The van der Waals surface area contributed by atoms with E-state index < -0.39 is 24.0 Å². The van der Waals surface area contributed by atoms with E-state index in [9.17, 15) is 9.59 Å². The number of hydrogen-bond acceptors (Lipinski definition) is 7. The Morgan fingerprint density at radius 1 is 1.08 bits per heavy atom. The highest BCUT2D eigenvalue weighted by atomic mass is 32.1. The molecule has 76 valence electrons. The molecular formula is C6H12N2O3S2. The van der Waals surface area contributed by atoms with Gasteiger partial charge in [0.2, 0.25) is 0 Å². The van der Waals surface area contributed by atoms with Crippen LogP contribution in [-0.4, -0.2) is 35.5 Å². The van der Waals surface area contributed by atoms with E-state index in [1.54, 1.807) is 0 Å². The molecule has 13 heavy (non-hydrogen) atoms. The second kappa shape index (κ2) is 6.25. The maximum atomic E-state index is 10.9. The maximum absolute atomic E-state index is 10.9. The molecule has 7 heteroatoms. The first kappa shape index (κ1) is 12.8. The molecule has 0 aromatic rings. The van der Waals surface area contributed by atoms with Gasteiger partial charge in [0.05, 0.1) is 0 Å². The standard InChI is InChI=1S/C6H12N2O3S2/c7-3(1-12)5(9)11-6(10)4(8)2-13/h3-4,12-13H,1-2,7-8H2/t3-,4-/m0/s1. The zero-order valence-corrected chi connectivity index (χ0v) is 8.63. The number of esters is 2. The van der Waals surface area contributed by atoms with Crippen LogP contribution in [0.4, 0.5) is 0 Å². The Labute approximate surface area is 87.0 Å². The first-order chi connectivity index (χ1) is 6.02. The van der Waals surface area contributed by atoms with Crippen molar-refractivity contribution in [1.29, 1.82) is 0 Å². The fraction of sp³-hybridized carbons (Fsp3) is 0.667. The normalized spacial score (nSPS) is 14.8. The summed E-state index contributed by atoms with van der Waals surface area (Å²) in [6.45, 7) is 0. The third-order valence-corrected chi connectivity index (χ3v) is 1.99. The lowest BCUT2D eigenvalue weighted by atomic mass is 10.3. The molecule has 0 rings (SSSR count). The van der Waals surface area contributed by atoms with Gasteiger partial charge in [0.1, 0.15) is 12.1 Å². The largest absolute Gasteiger partial charge is 0.391 e. The van der Waals surface area contributed by atoms with Crippen molar-refractivity contribution >= 4 is 37.2 Å². The van der Waals surface area contributed by atoms with Gasteiger partial charge in [-0.2, -0.15) is 25.3 Å². The highest BCUT2D eigenvalue weighted by molar-refractivity contribution is 7.80. The first-order valence-electron chi connectivity index (χ1n) is 3.51. The Morgan fingerprint density at radius 3 is 1.62 bits per heavy atom. The minimum atomic E-state index is -0.903. The van der Waals surface area contributed by atoms with Gasteiger partial charge in [-0.25, -0.2) is 9.59 Å². The van der Waals surface area contributed by atoms with Gasteiger partial charge in [0, 0.05) is 11.5 Å². The average molecular weight is 224 g/mol. The third-order valence-electron chi connectivity index (χ3n) is 1.20. The molecule has 0 aliphatic rings. The van der Waals surface area contributed by atoms with E-state index in [1.165, 1.54) is 0 Å². The molecule has 0 aliphatic carbocycles. The number of ether oxygens (including phenoxy) is 1. The van der Waals surface area contributed by atoms with Crippen LogP contribution >= 0.6 is 25.3 Å². The summed E-state index contributed by atoms with van der Waals surface area (Å²) in [4.78, 5) is 21.8. The highest BCUT2D eigenvalue weighted by Gasteiger charge is 2.21. The zero-order chi connectivity index (χ0) is 10.4. The number of hydrogen-bond donors (Lipinski definition) is 4. The molecule has 0 aromatic heterocycles. The minimum absolute atomic E-state index is 0.113. The summed E-state index contributed by atoms with van der Waals surface area (Å²) >= 11 is 7.54. The average Bonchev–Trinajstić information content (AvgIpc) is 2.14. The van der Waals surface area contributed by atoms with Crippen molar-refractivity contribution in [3.63, 3.8) is 0 Å². The molecule has 0 heterocycles. The van der Waals surface area contributed by atoms with E-state index in [2.05, 4.69) is 30.0 Å². The first-order valence-corrected chi connectivity index (χ1v) is 4.77. The Kier molecular flexibility index (Phi) is 6.13. The number of thiol groups is 2. The molecule has 0 radical (unpaired) electrons. The highest BCUT2D eigenvalue weighted by Crippen LogP contribution is 1.93. The number of nitrogens with two attached hydrogens (primary N) is 2. The number of rotatable bonds is 4. The molecule has 0 saturated carbocycles. The van der Waals surface area contributed by atoms with Crippen molar-refractivity contribution in [3.05, 3.63) is 0 Å². The van der Waals surface area contributed by atoms with Crippen LogP contribution in [0.15, 0.2) is 0 Å². The van der Waals surface area contributed by atoms with Crippen molar-refractivity contribution in [2.75, 3.05) is 11.5 Å². The van der Waals surface area contributed by atoms with Crippen LogP contribution in [-0.2, 0) is 14.3 Å². The molecule has 4 N–H and O–H groups in total. The second-order valence-electron chi connectivity index (χ2n) is 2.32. The predicted octanol–water partition coefficient (Wildman–Crippen LogP) is -1.43. The van der Waals surface area contributed by atoms with Crippen LogP contribution < -0.4 is 11.5 Å². The molecule has 0 saturated heterocycles. The van der Waals surface area contributed by atoms with Gasteiger partial charge >= 0.3 is 11.9 Å². The summed E-state index contributed by atoms with van der Waals surface area (Å²) in [6.07, 6.45) is 0. The Morgan fingerprint density at radius 2 is 1.38 bits per heavy atom. The van der Waals surface area contributed by atoms with Crippen LogP contribution in [0.1, 0.15) is 0 Å². The molecule has 0 unspecified atom stereocenters. The van der Waals surface area contributed by atoms with Gasteiger partial charge in [-0.15, -0.1) is 0 Å². The molecule has 0 amide bonds. The van der Waals surface area contributed by atoms with E-state index in [4.69, 9.17) is 11.5 Å². The fourth-order valence-corrected chi connectivity index (χ4v) is 0.698. The van der Waals surface area contributed by atoms with Crippen LogP contribution in [0.5, 0.6) is 0 Å². The van der Waals surface area contributed by atoms with Crippen LogP contribution in [0.2, 0.25) is 0 Å². The molecule has 5 nitrogen and oxygen atoms in total. The molecule has 0 aromatic carbocycles. The monoisotopic (exact) mass is 224 g/mol. The summed E-state index contributed by atoms with van der Waals surface area (Å²) in [5.41, 5.74) is 10.5. The lowest BCUT2D eigenvalue weighted by Crippen LogP contribution is -2.41. The Balaban J connectivity index is 3.99. The Bertz CT molecular complexity index is 180. The van der Waals surface area contributed by atoms with E-state index in [1.807, 2.05) is 0 Å². The third kappa shape index (κ3) is 4.51. The van der Waals surface area contributed by atoms with Gasteiger partial charge in [0.15, 0.2) is 0 Å². The number of carbonyl (C=O) groups is 2. The molecule has 0 aliphatic heterocycles. The fourth-order valence-electron chi connectivity index (χ4n) is 0.400. The summed E-state index contributed by atoms with van der Waals surface area (Å²) in [6, 6.07) is -1.81. The predicted molar refractivity (Wildman–Crippen MR) is 54.8 cm³/mol. The van der Waals surface area contributed by atoms with Crippen molar-refractivity contribution in [3.8, 4) is 0 Å². The van der Waals surface area contributed by atoms with Gasteiger partial charge < -0.3 is 16.2 Å². The van der Waals surface area contributed by atoms with Gasteiger partial charge in [-0.05, 0) is 0 Å². The van der Waals surface area contributed by atoms with Crippen molar-refractivity contribution in [1.82, 2.24) is 0 Å². The van der Waals surface area contributed by atoms with Gasteiger partial charge in [0.25, 0.3) is 0 Å². The van der Waals surface area contributed by atoms with Gasteiger partial charge in [-0.3, -0.25) is 0 Å². The van der Waals surface area contributed by atoms with E-state index in [0.717, 1.165) is 0 Å². The van der Waals surface area contributed by atoms with Crippen molar-refractivity contribution in [2.45, 2.75) is 12.1 Å². The van der Waals surface area contributed by atoms with Crippen LogP contribution in [0.3, 0.4) is 0 Å². The maximum Gasteiger partial charge on any atom is 0.331 e. The quantitative estimate of drug-likeness (QED) is 0.267. The molecular weight excluding hydrogens is 212 g/mol. The van der Waals surface area contributed by atoms with E-state index >= 15 is 0 Å². The van der Waals surface area contributed by atoms with Crippen LogP contribution in [0, 0.1) is 0 Å². The summed E-state index contributed by atoms with van der Waals surface area (Å²) in [5, 5.41) is 0. The van der Waals surface area contributed by atoms with Crippen LogP contribution in [0.25, 0.3) is 0 Å². The molecule has 0 bridgehead atoms. The molecule has 0 fully saturated rings. The summed E-state index contributed by atoms with van der Waals surface area (Å²) < 4.78 is 4.33. The lowest BCUT2D eigenvalue weighted by Gasteiger charge is -2.09. The lowest BCUT2D eigenvalue weighted by molar-refractivity contribution is -0.160. The Hall–Kier alpha value is -0.240. The van der Waals surface area contributed by atoms with Crippen molar-refractivity contribution < 1.29 is 14.3 Å². The van der Waals surface area contributed by atoms with Gasteiger partial charge in [-0.1, -0.05) is 0 Å². The van der Waals surface area contributed by atoms with E-state index in [-0.39, 0.29) is 11.5 Å². The summed E-state index contributed by atoms with van der Waals surface area (Å²) in [7, 11) is 0.